The van der Waals surface area contributed by atoms with Gasteiger partial charge in [-0.05, 0) is 43.9 Å². The van der Waals surface area contributed by atoms with Crippen molar-refractivity contribution in [3.05, 3.63) is 35.0 Å². The summed E-state index contributed by atoms with van der Waals surface area (Å²) in [5.41, 5.74) is 6.05. The second kappa shape index (κ2) is 4.34. The van der Waals surface area contributed by atoms with E-state index in [-0.39, 0.29) is 0 Å². The molecule has 0 bridgehead atoms. The van der Waals surface area contributed by atoms with Crippen LogP contribution in [0.15, 0.2) is 18.2 Å². The topological polar surface area (TPSA) is 17.4 Å². The highest BCUT2D eigenvalue weighted by Gasteiger charge is 2.39. The summed E-state index contributed by atoms with van der Waals surface area (Å²) in [6, 6.07) is 7.56. The third kappa shape index (κ3) is 1.62. The summed E-state index contributed by atoms with van der Waals surface area (Å²) in [4.78, 5) is 2.63. The number of fused-ring (bicyclic) bond motifs is 3. The minimum Gasteiger partial charge on any atom is -0.363 e. The Morgan fingerprint density at radius 1 is 1.19 bits per heavy atom. The summed E-state index contributed by atoms with van der Waals surface area (Å²) in [6.45, 7) is 5.41. The molecule has 1 aromatic carbocycles. The van der Waals surface area contributed by atoms with E-state index in [4.69, 9.17) is 4.74 Å². The van der Waals surface area contributed by atoms with Crippen LogP contribution in [-0.2, 0) is 17.7 Å². The molecule has 1 aliphatic carbocycles. The van der Waals surface area contributed by atoms with Gasteiger partial charge in [0.05, 0.1) is 12.6 Å². The van der Waals surface area contributed by atoms with Gasteiger partial charge in [0.1, 0.15) is 6.23 Å². The zero-order valence-electron chi connectivity index (χ0n) is 12.6. The van der Waals surface area contributed by atoms with E-state index in [1.54, 1.807) is 11.3 Å². The molecule has 3 heteroatoms. The Labute approximate surface area is 125 Å². The van der Waals surface area contributed by atoms with E-state index in [0.29, 0.717) is 12.3 Å². The maximum atomic E-state index is 5.79. The van der Waals surface area contributed by atoms with Crippen molar-refractivity contribution < 1.29 is 4.74 Å². The number of rotatable bonds is 1. The molecule has 2 atom stereocenters. The van der Waals surface area contributed by atoms with Gasteiger partial charge in [0.15, 0.2) is 0 Å². The van der Waals surface area contributed by atoms with Crippen LogP contribution in [0.25, 0.3) is 10.9 Å². The monoisotopic (exact) mass is 282 g/mol. The molecule has 0 saturated carbocycles. The van der Waals surface area contributed by atoms with Gasteiger partial charge < -0.3 is 9.30 Å². The molecular weight excluding hydrogens is 260 g/mol. The number of hydrogen-bond donors (Lipinski definition) is 0. The molecule has 1 aromatic heterocycles. The highest BCUT2D eigenvalue weighted by molar-refractivity contribution is 5.87. The summed E-state index contributed by atoms with van der Waals surface area (Å²) in [5.74, 6) is 0. The standard InChI is InChI=1S/C18H22N2O/c1-12-5-6-15-14(11-12)13-3-2-4-16-18(13)20(15)9-8-19(16)17-7-10-21-17/h5-6,11,16-17H,2-4,7-10H2,1H3/t16-,17-/m0/s1. The summed E-state index contributed by atoms with van der Waals surface area (Å²) < 4.78 is 8.39. The molecule has 3 nitrogen and oxygen atoms in total. The summed E-state index contributed by atoms with van der Waals surface area (Å²) >= 11 is 0. The first-order valence-electron chi connectivity index (χ1n) is 8.32. The van der Waals surface area contributed by atoms with Crippen molar-refractivity contribution in [1.29, 1.82) is 0 Å². The van der Waals surface area contributed by atoms with E-state index in [1.165, 1.54) is 42.1 Å². The summed E-state index contributed by atoms with van der Waals surface area (Å²) in [7, 11) is 0. The predicted octanol–water partition coefficient (Wildman–Crippen LogP) is 3.39. The predicted molar refractivity (Wildman–Crippen MR) is 83.4 cm³/mol. The van der Waals surface area contributed by atoms with Crippen molar-refractivity contribution in [1.82, 2.24) is 9.47 Å². The first-order chi connectivity index (χ1) is 10.3. The minimum absolute atomic E-state index is 0.384. The molecule has 1 fully saturated rings. The zero-order valence-corrected chi connectivity index (χ0v) is 12.6. The van der Waals surface area contributed by atoms with Gasteiger partial charge in [0.2, 0.25) is 0 Å². The quantitative estimate of drug-likeness (QED) is 0.797. The molecule has 110 valence electrons. The van der Waals surface area contributed by atoms with E-state index in [1.807, 2.05) is 0 Å². The van der Waals surface area contributed by atoms with Crippen molar-refractivity contribution in [2.24, 2.45) is 0 Å². The van der Waals surface area contributed by atoms with Crippen LogP contribution in [0.5, 0.6) is 0 Å². The number of aryl methyl sites for hydroxylation is 2. The fraction of sp³-hybridized carbons (Fsp3) is 0.556. The molecule has 21 heavy (non-hydrogen) atoms. The Kier molecular flexibility index (Phi) is 2.53. The SMILES string of the molecule is Cc1ccc2c(c1)c1c3n2CCN([C@@H]2CCO2)[C@H]3CCC1. The van der Waals surface area contributed by atoms with Crippen molar-refractivity contribution >= 4 is 10.9 Å². The van der Waals surface area contributed by atoms with Gasteiger partial charge in [-0.1, -0.05) is 11.6 Å². The smallest absolute Gasteiger partial charge is 0.113 e. The van der Waals surface area contributed by atoms with Crippen molar-refractivity contribution in [3.8, 4) is 0 Å². The zero-order chi connectivity index (χ0) is 14.0. The lowest BCUT2D eigenvalue weighted by atomic mass is 9.89. The largest absolute Gasteiger partial charge is 0.363 e. The van der Waals surface area contributed by atoms with Crippen molar-refractivity contribution in [3.63, 3.8) is 0 Å². The number of benzene rings is 1. The molecule has 0 spiro atoms. The average molecular weight is 282 g/mol. The lowest BCUT2D eigenvalue weighted by Crippen LogP contribution is -2.51. The number of aromatic nitrogens is 1. The summed E-state index contributed by atoms with van der Waals surface area (Å²) in [5, 5.41) is 1.51. The fourth-order valence-corrected chi connectivity index (χ4v) is 4.57. The van der Waals surface area contributed by atoms with Gasteiger partial charge in [0, 0.05) is 36.1 Å². The fourth-order valence-electron chi connectivity index (χ4n) is 4.57. The normalized spacial score (nSPS) is 28.4. The van der Waals surface area contributed by atoms with Gasteiger partial charge in [-0.3, -0.25) is 4.90 Å². The minimum atomic E-state index is 0.384. The molecule has 0 N–H and O–H groups in total. The molecule has 3 heterocycles. The first-order valence-corrected chi connectivity index (χ1v) is 8.32. The van der Waals surface area contributed by atoms with E-state index < -0.39 is 0 Å². The van der Waals surface area contributed by atoms with Crippen LogP contribution in [0, 0.1) is 6.92 Å². The van der Waals surface area contributed by atoms with Crippen molar-refractivity contribution in [2.45, 2.75) is 51.4 Å². The van der Waals surface area contributed by atoms with E-state index >= 15 is 0 Å². The molecule has 2 aromatic rings. The maximum Gasteiger partial charge on any atom is 0.113 e. The lowest BCUT2D eigenvalue weighted by molar-refractivity contribution is -0.166. The number of nitrogens with zero attached hydrogens (tertiary/aromatic N) is 2. The van der Waals surface area contributed by atoms with Crippen LogP contribution < -0.4 is 0 Å². The third-order valence-electron chi connectivity index (χ3n) is 5.62. The molecule has 0 amide bonds. The van der Waals surface area contributed by atoms with Gasteiger partial charge in [-0.2, -0.15) is 0 Å². The van der Waals surface area contributed by atoms with Crippen LogP contribution in [0.2, 0.25) is 0 Å². The van der Waals surface area contributed by atoms with Crippen LogP contribution >= 0.6 is 0 Å². The molecule has 0 radical (unpaired) electrons. The Morgan fingerprint density at radius 2 is 2.10 bits per heavy atom. The molecule has 3 aliphatic rings. The maximum absolute atomic E-state index is 5.79. The number of ether oxygens (including phenoxy) is 1. The highest BCUT2D eigenvalue weighted by atomic mass is 16.5. The number of hydrogen-bond acceptors (Lipinski definition) is 2. The lowest BCUT2D eigenvalue weighted by Gasteiger charge is -2.46. The molecule has 5 rings (SSSR count). The van der Waals surface area contributed by atoms with E-state index in [2.05, 4.69) is 34.6 Å². The van der Waals surface area contributed by atoms with E-state index in [0.717, 1.165) is 19.7 Å². The Bertz CT molecular complexity index is 714. The highest BCUT2D eigenvalue weighted by Crippen LogP contribution is 2.44. The van der Waals surface area contributed by atoms with Gasteiger partial charge in [-0.15, -0.1) is 0 Å². The molecule has 1 saturated heterocycles. The molecule has 0 unspecified atom stereocenters. The third-order valence-corrected chi connectivity index (χ3v) is 5.62. The van der Waals surface area contributed by atoms with E-state index in [9.17, 15) is 0 Å². The van der Waals surface area contributed by atoms with Crippen LogP contribution in [0.1, 0.15) is 42.1 Å². The van der Waals surface area contributed by atoms with Crippen molar-refractivity contribution in [2.75, 3.05) is 13.2 Å². The van der Waals surface area contributed by atoms with Gasteiger partial charge in [-0.25, -0.2) is 0 Å². The second-order valence-corrected chi connectivity index (χ2v) is 6.80. The van der Waals surface area contributed by atoms with Crippen LogP contribution in [0.4, 0.5) is 0 Å². The van der Waals surface area contributed by atoms with Gasteiger partial charge >= 0.3 is 0 Å². The Balaban J connectivity index is 1.71. The Hall–Kier alpha value is -1.32. The Morgan fingerprint density at radius 3 is 2.90 bits per heavy atom. The molecule has 2 aliphatic heterocycles. The van der Waals surface area contributed by atoms with Crippen LogP contribution in [0.3, 0.4) is 0 Å². The van der Waals surface area contributed by atoms with Gasteiger partial charge in [0.25, 0.3) is 0 Å². The second-order valence-electron chi connectivity index (χ2n) is 6.80. The summed E-state index contributed by atoms with van der Waals surface area (Å²) in [6.07, 6.45) is 5.45. The van der Waals surface area contributed by atoms with Crippen LogP contribution in [-0.4, -0.2) is 28.8 Å². The average Bonchev–Trinajstić information content (AvgIpc) is 2.75. The first kappa shape index (κ1) is 12.2. The molecular formula is C18H22N2O.